The Hall–Kier alpha value is -2.30. The zero-order valence-electron chi connectivity index (χ0n) is 13.7. The Labute approximate surface area is 136 Å². The van der Waals surface area contributed by atoms with Crippen LogP contribution >= 0.6 is 0 Å². The Morgan fingerprint density at radius 2 is 2.35 bits per heavy atom. The van der Waals surface area contributed by atoms with Crippen molar-refractivity contribution in [1.29, 1.82) is 0 Å². The summed E-state index contributed by atoms with van der Waals surface area (Å²) in [6, 6.07) is 7.92. The van der Waals surface area contributed by atoms with E-state index < -0.39 is 0 Å². The lowest BCUT2D eigenvalue weighted by molar-refractivity contribution is -0.123. The van der Waals surface area contributed by atoms with Gasteiger partial charge in [-0.1, -0.05) is 19.1 Å². The average molecular weight is 313 g/mol. The van der Waals surface area contributed by atoms with Crippen LogP contribution in [0.5, 0.6) is 5.75 Å². The highest BCUT2D eigenvalue weighted by atomic mass is 16.5. The van der Waals surface area contributed by atoms with Gasteiger partial charge in [0.1, 0.15) is 5.75 Å². The summed E-state index contributed by atoms with van der Waals surface area (Å²) in [5.74, 6) is 0.652. The minimum absolute atomic E-state index is 0.0409. The second kappa shape index (κ2) is 6.86. The summed E-state index contributed by atoms with van der Waals surface area (Å²) in [5, 5.41) is 7.37. The van der Waals surface area contributed by atoms with E-state index in [2.05, 4.69) is 23.4 Å². The molecule has 0 fully saturated rings. The third-order valence-corrected chi connectivity index (χ3v) is 4.39. The van der Waals surface area contributed by atoms with E-state index in [1.807, 2.05) is 36.1 Å². The maximum absolute atomic E-state index is 12.2. The zero-order chi connectivity index (χ0) is 16.2. The highest BCUT2D eigenvalue weighted by Crippen LogP contribution is 2.29. The van der Waals surface area contributed by atoms with Crippen molar-refractivity contribution < 1.29 is 9.53 Å². The first-order chi connectivity index (χ1) is 11.2. The van der Waals surface area contributed by atoms with Gasteiger partial charge < -0.3 is 10.1 Å². The standard InChI is InChI=1S/C18H23N3O2/c1-3-13-6-4-7-14(10-13)23-12-18(22)20-16-8-5-9-17-15(16)11-19-21(17)2/h4,6-7,10-11,16H,3,5,8-9,12H2,1-2H3,(H,20,22). The number of hydrogen-bond acceptors (Lipinski definition) is 3. The fraction of sp³-hybridized carbons (Fsp3) is 0.444. The molecular formula is C18H23N3O2. The number of amides is 1. The average Bonchev–Trinajstić information content (AvgIpc) is 2.96. The van der Waals surface area contributed by atoms with E-state index in [9.17, 15) is 4.79 Å². The molecule has 2 aromatic rings. The molecule has 0 radical (unpaired) electrons. The van der Waals surface area contributed by atoms with E-state index >= 15 is 0 Å². The van der Waals surface area contributed by atoms with Gasteiger partial charge in [0, 0.05) is 18.3 Å². The van der Waals surface area contributed by atoms with Crippen LogP contribution in [-0.2, 0) is 24.7 Å². The Kier molecular flexibility index (Phi) is 4.65. The number of carbonyl (C=O) groups excluding carboxylic acids is 1. The highest BCUT2D eigenvalue weighted by Gasteiger charge is 2.24. The maximum Gasteiger partial charge on any atom is 0.258 e. The predicted octanol–water partition coefficient (Wildman–Crippen LogP) is 2.56. The predicted molar refractivity (Wildman–Crippen MR) is 88.3 cm³/mol. The van der Waals surface area contributed by atoms with Crippen molar-refractivity contribution in [3.05, 3.63) is 47.3 Å². The summed E-state index contributed by atoms with van der Waals surface area (Å²) >= 11 is 0. The second-order valence-electron chi connectivity index (χ2n) is 5.97. The molecule has 23 heavy (non-hydrogen) atoms. The molecule has 0 saturated heterocycles. The largest absolute Gasteiger partial charge is 0.484 e. The molecule has 1 atom stereocenters. The molecule has 0 spiro atoms. The number of nitrogens with one attached hydrogen (secondary N) is 1. The molecule has 1 aliphatic carbocycles. The summed E-state index contributed by atoms with van der Waals surface area (Å²) in [6.45, 7) is 2.14. The van der Waals surface area contributed by atoms with Crippen LogP contribution < -0.4 is 10.1 Å². The van der Waals surface area contributed by atoms with Crippen LogP contribution in [0.15, 0.2) is 30.5 Å². The van der Waals surface area contributed by atoms with E-state index in [1.54, 1.807) is 0 Å². The van der Waals surface area contributed by atoms with Crippen molar-refractivity contribution in [2.24, 2.45) is 7.05 Å². The molecule has 0 saturated carbocycles. The molecular weight excluding hydrogens is 290 g/mol. The fourth-order valence-corrected chi connectivity index (χ4v) is 3.10. The molecule has 1 N–H and O–H groups in total. The summed E-state index contributed by atoms with van der Waals surface area (Å²) in [5.41, 5.74) is 3.56. The number of rotatable bonds is 5. The molecule has 1 aromatic heterocycles. The van der Waals surface area contributed by atoms with Crippen molar-refractivity contribution in [3.63, 3.8) is 0 Å². The molecule has 1 aliphatic rings. The van der Waals surface area contributed by atoms with Gasteiger partial charge in [0.2, 0.25) is 0 Å². The number of aryl methyl sites for hydroxylation is 2. The lowest BCUT2D eigenvalue weighted by Gasteiger charge is -2.23. The molecule has 5 heteroatoms. The Morgan fingerprint density at radius 1 is 1.48 bits per heavy atom. The lowest BCUT2D eigenvalue weighted by Crippen LogP contribution is -2.34. The number of carbonyl (C=O) groups is 1. The summed E-state index contributed by atoms with van der Waals surface area (Å²) in [4.78, 5) is 12.2. The molecule has 1 amide bonds. The number of benzene rings is 1. The normalized spacial score (nSPS) is 16.7. The smallest absolute Gasteiger partial charge is 0.258 e. The van der Waals surface area contributed by atoms with Gasteiger partial charge in [0.25, 0.3) is 5.91 Å². The van der Waals surface area contributed by atoms with Gasteiger partial charge in [0.15, 0.2) is 6.61 Å². The monoisotopic (exact) mass is 313 g/mol. The van der Waals surface area contributed by atoms with E-state index in [-0.39, 0.29) is 18.6 Å². The SMILES string of the molecule is CCc1cccc(OCC(=O)NC2CCCc3c2cnn3C)c1. The summed E-state index contributed by atoms with van der Waals surface area (Å²) in [7, 11) is 1.95. The minimum atomic E-state index is -0.0893. The number of nitrogens with zero attached hydrogens (tertiary/aromatic N) is 2. The molecule has 122 valence electrons. The fourth-order valence-electron chi connectivity index (χ4n) is 3.10. The van der Waals surface area contributed by atoms with Crippen LogP contribution in [0, 0.1) is 0 Å². The van der Waals surface area contributed by atoms with Gasteiger partial charge in [-0.15, -0.1) is 0 Å². The lowest BCUT2D eigenvalue weighted by atomic mass is 9.93. The second-order valence-corrected chi connectivity index (χ2v) is 5.97. The Balaban J connectivity index is 1.58. The van der Waals surface area contributed by atoms with Gasteiger partial charge in [-0.25, -0.2) is 0 Å². The van der Waals surface area contributed by atoms with Crippen LogP contribution in [0.25, 0.3) is 0 Å². The summed E-state index contributed by atoms with van der Waals surface area (Å²) in [6.07, 6.45) is 5.87. The van der Waals surface area contributed by atoms with Crippen molar-refractivity contribution in [3.8, 4) is 5.75 Å². The minimum Gasteiger partial charge on any atom is -0.484 e. The van der Waals surface area contributed by atoms with Gasteiger partial charge in [-0.3, -0.25) is 9.48 Å². The van der Waals surface area contributed by atoms with E-state index in [0.29, 0.717) is 0 Å². The van der Waals surface area contributed by atoms with Crippen LogP contribution in [0.4, 0.5) is 0 Å². The topological polar surface area (TPSA) is 56.1 Å². The van der Waals surface area contributed by atoms with E-state index in [1.165, 1.54) is 11.3 Å². The molecule has 0 bridgehead atoms. The van der Waals surface area contributed by atoms with Crippen LogP contribution in [-0.4, -0.2) is 22.3 Å². The third kappa shape index (κ3) is 3.55. The first-order valence-electron chi connectivity index (χ1n) is 8.19. The highest BCUT2D eigenvalue weighted by molar-refractivity contribution is 5.78. The number of ether oxygens (including phenoxy) is 1. The van der Waals surface area contributed by atoms with Gasteiger partial charge in [-0.2, -0.15) is 5.10 Å². The first-order valence-corrected chi connectivity index (χ1v) is 8.19. The van der Waals surface area contributed by atoms with E-state index in [0.717, 1.165) is 37.0 Å². The van der Waals surface area contributed by atoms with Crippen molar-refractivity contribution in [2.45, 2.75) is 38.6 Å². The van der Waals surface area contributed by atoms with Crippen LogP contribution in [0.2, 0.25) is 0 Å². The van der Waals surface area contributed by atoms with Crippen molar-refractivity contribution in [2.75, 3.05) is 6.61 Å². The molecule has 1 aromatic carbocycles. The quantitative estimate of drug-likeness (QED) is 0.923. The number of hydrogen-bond donors (Lipinski definition) is 1. The molecule has 0 aliphatic heterocycles. The number of aromatic nitrogens is 2. The van der Waals surface area contributed by atoms with Gasteiger partial charge in [-0.05, 0) is 43.4 Å². The van der Waals surface area contributed by atoms with Crippen molar-refractivity contribution in [1.82, 2.24) is 15.1 Å². The van der Waals surface area contributed by atoms with Gasteiger partial charge >= 0.3 is 0 Å². The molecule has 3 rings (SSSR count). The first kappa shape index (κ1) is 15.6. The summed E-state index contributed by atoms with van der Waals surface area (Å²) < 4.78 is 7.52. The molecule has 5 nitrogen and oxygen atoms in total. The maximum atomic E-state index is 12.2. The number of fused-ring (bicyclic) bond motifs is 1. The van der Waals surface area contributed by atoms with Crippen molar-refractivity contribution >= 4 is 5.91 Å². The zero-order valence-corrected chi connectivity index (χ0v) is 13.7. The Morgan fingerprint density at radius 3 is 3.17 bits per heavy atom. The van der Waals surface area contributed by atoms with Crippen LogP contribution in [0.1, 0.15) is 42.6 Å². The van der Waals surface area contributed by atoms with Crippen LogP contribution in [0.3, 0.4) is 0 Å². The van der Waals surface area contributed by atoms with E-state index in [4.69, 9.17) is 4.74 Å². The molecule has 1 heterocycles. The Bertz CT molecular complexity index is 693. The molecule has 1 unspecified atom stereocenters. The van der Waals surface area contributed by atoms with Gasteiger partial charge in [0.05, 0.1) is 12.2 Å². The third-order valence-electron chi connectivity index (χ3n) is 4.39.